The van der Waals surface area contributed by atoms with E-state index in [-0.39, 0.29) is 24.0 Å². The zero-order valence-corrected chi connectivity index (χ0v) is 17.0. The van der Waals surface area contributed by atoms with Crippen LogP contribution in [0.25, 0.3) is 10.8 Å². The third kappa shape index (κ3) is 4.11. The molecule has 0 bridgehead atoms. The first-order valence-electron chi connectivity index (χ1n) is 9.55. The maximum atomic E-state index is 13.0. The number of anilines is 1. The van der Waals surface area contributed by atoms with E-state index in [9.17, 15) is 13.2 Å². The van der Waals surface area contributed by atoms with Gasteiger partial charge in [0, 0.05) is 31.9 Å². The smallest absolute Gasteiger partial charge is 0.321 e. The van der Waals surface area contributed by atoms with Crippen molar-refractivity contribution >= 4 is 32.5 Å². The number of carbonyl (C=O) groups is 1. The lowest BCUT2D eigenvalue weighted by molar-refractivity contribution is 0.184. The van der Waals surface area contributed by atoms with Gasteiger partial charge in [-0.1, -0.05) is 48.0 Å². The molecule has 150 valence electrons. The Kier molecular flexibility index (Phi) is 5.25. The van der Waals surface area contributed by atoms with Gasteiger partial charge in [-0.25, -0.2) is 13.2 Å². The Bertz CT molecular complexity index is 1140. The Morgan fingerprint density at radius 1 is 0.862 bits per heavy atom. The Balaban J connectivity index is 1.42. The standard InChI is InChI=1S/C22H23N3O3S/c1-17-6-9-20(10-7-17)23-22(26)24-12-14-25(15-13-24)29(27,28)21-11-8-18-4-2-3-5-19(18)16-21/h2-11,16H,12-15H2,1H3,(H,23,26). The highest BCUT2D eigenvalue weighted by molar-refractivity contribution is 7.89. The van der Waals surface area contributed by atoms with Crippen LogP contribution in [0.1, 0.15) is 5.56 Å². The molecule has 2 amide bonds. The summed E-state index contributed by atoms with van der Waals surface area (Å²) in [5.41, 5.74) is 1.85. The molecule has 4 rings (SSSR count). The number of fused-ring (bicyclic) bond motifs is 1. The number of nitrogens with zero attached hydrogens (tertiary/aromatic N) is 2. The highest BCUT2D eigenvalue weighted by Gasteiger charge is 2.30. The van der Waals surface area contributed by atoms with Gasteiger partial charge in [0.25, 0.3) is 0 Å². The number of sulfonamides is 1. The average Bonchev–Trinajstić information content (AvgIpc) is 2.75. The number of hydrogen-bond donors (Lipinski definition) is 1. The topological polar surface area (TPSA) is 69.7 Å². The van der Waals surface area contributed by atoms with E-state index in [1.54, 1.807) is 17.0 Å². The molecule has 29 heavy (non-hydrogen) atoms. The fraction of sp³-hybridized carbons (Fsp3) is 0.227. The molecule has 0 aliphatic carbocycles. The molecule has 0 unspecified atom stereocenters. The highest BCUT2D eigenvalue weighted by Crippen LogP contribution is 2.23. The molecular formula is C22H23N3O3S. The zero-order chi connectivity index (χ0) is 20.4. The van der Waals surface area contributed by atoms with Crippen LogP contribution in [0.15, 0.2) is 71.6 Å². The van der Waals surface area contributed by atoms with Crippen molar-refractivity contribution in [2.75, 3.05) is 31.5 Å². The first-order valence-corrected chi connectivity index (χ1v) is 11.0. The van der Waals surface area contributed by atoms with Crippen LogP contribution in [0.4, 0.5) is 10.5 Å². The van der Waals surface area contributed by atoms with E-state index in [1.807, 2.05) is 61.5 Å². The summed E-state index contributed by atoms with van der Waals surface area (Å²) < 4.78 is 27.5. The minimum atomic E-state index is -3.59. The lowest BCUT2D eigenvalue weighted by atomic mass is 10.1. The number of benzene rings is 3. The molecule has 1 N–H and O–H groups in total. The van der Waals surface area contributed by atoms with Gasteiger partial charge < -0.3 is 10.2 Å². The van der Waals surface area contributed by atoms with Crippen molar-refractivity contribution < 1.29 is 13.2 Å². The van der Waals surface area contributed by atoms with Gasteiger partial charge in [-0.3, -0.25) is 0 Å². The maximum absolute atomic E-state index is 13.0. The van der Waals surface area contributed by atoms with Gasteiger partial charge in [0.1, 0.15) is 0 Å². The number of aryl methyl sites for hydroxylation is 1. The second kappa shape index (κ2) is 7.85. The summed E-state index contributed by atoms with van der Waals surface area (Å²) in [6, 6.07) is 20.2. The van der Waals surface area contributed by atoms with Gasteiger partial charge in [-0.15, -0.1) is 0 Å². The second-order valence-corrected chi connectivity index (χ2v) is 9.13. The molecular weight excluding hydrogens is 386 g/mol. The number of hydrogen-bond acceptors (Lipinski definition) is 3. The summed E-state index contributed by atoms with van der Waals surface area (Å²) in [4.78, 5) is 14.4. The van der Waals surface area contributed by atoms with Gasteiger partial charge in [-0.2, -0.15) is 4.31 Å². The lowest BCUT2D eigenvalue weighted by Gasteiger charge is -2.34. The van der Waals surface area contributed by atoms with Crippen LogP contribution in [0, 0.1) is 6.92 Å². The van der Waals surface area contributed by atoms with Crippen molar-refractivity contribution in [1.82, 2.24) is 9.21 Å². The third-order valence-corrected chi connectivity index (χ3v) is 7.08. The summed E-state index contributed by atoms with van der Waals surface area (Å²) in [5.74, 6) is 0. The number of urea groups is 1. The van der Waals surface area contributed by atoms with Crippen molar-refractivity contribution in [3.8, 4) is 0 Å². The van der Waals surface area contributed by atoms with Gasteiger partial charge in [0.15, 0.2) is 0 Å². The van der Waals surface area contributed by atoms with Gasteiger partial charge >= 0.3 is 6.03 Å². The number of piperazine rings is 1. The monoisotopic (exact) mass is 409 g/mol. The van der Waals surface area contributed by atoms with Crippen molar-refractivity contribution in [3.63, 3.8) is 0 Å². The molecule has 0 atom stereocenters. The molecule has 0 spiro atoms. The summed E-state index contributed by atoms with van der Waals surface area (Å²) in [7, 11) is -3.59. The third-order valence-electron chi connectivity index (χ3n) is 5.19. The van der Waals surface area contributed by atoms with Crippen molar-refractivity contribution in [3.05, 3.63) is 72.3 Å². The van der Waals surface area contributed by atoms with E-state index < -0.39 is 10.0 Å². The van der Waals surface area contributed by atoms with Crippen molar-refractivity contribution in [1.29, 1.82) is 0 Å². The van der Waals surface area contributed by atoms with E-state index in [0.29, 0.717) is 13.1 Å². The van der Waals surface area contributed by atoms with Crippen LogP contribution in [0.2, 0.25) is 0 Å². The van der Waals surface area contributed by atoms with E-state index in [4.69, 9.17) is 0 Å². The predicted molar refractivity (Wildman–Crippen MR) is 114 cm³/mol. The van der Waals surface area contributed by atoms with Gasteiger partial charge in [-0.05, 0) is 42.0 Å². The van der Waals surface area contributed by atoms with Crippen LogP contribution in [-0.4, -0.2) is 49.8 Å². The molecule has 7 heteroatoms. The Labute approximate surface area is 170 Å². The SMILES string of the molecule is Cc1ccc(NC(=O)N2CCN(S(=O)(=O)c3ccc4ccccc4c3)CC2)cc1. The minimum absolute atomic E-state index is 0.211. The fourth-order valence-corrected chi connectivity index (χ4v) is 4.91. The van der Waals surface area contributed by atoms with E-state index >= 15 is 0 Å². The molecule has 1 fully saturated rings. The van der Waals surface area contributed by atoms with Crippen LogP contribution < -0.4 is 5.32 Å². The summed E-state index contributed by atoms with van der Waals surface area (Å²) in [6.07, 6.45) is 0. The fourth-order valence-electron chi connectivity index (χ4n) is 3.45. The lowest BCUT2D eigenvalue weighted by Crippen LogP contribution is -2.51. The quantitative estimate of drug-likeness (QED) is 0.717. The molecule has 1 aliphatic heterocycles. The molecule has 3 aromatic carbocycles. The molecule has 0 radical (unpaired) electrons. The average molecular weight is 410 g/mol. The highest BCUT2D eigenvalue weighted by atomic mass is 32.2. The normalized spacial score (nSPS) is 15.4. The predicted octanol–water partition coefficient (Wildman–Crippen LogP) is 3.69. The first kappa shape index (κ1) is 19.4. The van der Waals surface area contributed by atoms with Crippen LogP contribution in [0.3, 0.4) is 0 Å². The van der Waals surface area contributed by atoms with Crippen molar-refractivity contribution in [2.45, 2.75) is 11.8 Å². The molecule has 3 aromatic rings. The Morgan fingerprint density at radius 2 is 1.52 bits per heavy atom. The van der Waals surface area contributed by atoms with Crippen LogP contribution in [-0.2, 0) is 10.0 Å². The minimum Gasteiger partial charge on any atom is -0.322 e. The first-order chi connectivity index (χ1) is 13.9. The number of nitrogens with one attached hydrogen (secondary N) is 1. The van der Waals surface area contributed by atoms with Crippen LogP contribution >= 0.6 is 0 Å². The van der Waals surface area contributed by atoms with E-state index in [1.165, 1.54) is 4.31 Å². The molecule has 6 nitrogen and oxygen atoms in total. The van der Waals surface area contributed by atoms with Gasteiger partial charge in [0.2, 0.25) is 10.0 Å². The zero-order valence-electron chi connectivity index (χ0n) is 16.2. The molecule has 1 heterocycles. The Hall–Kier alpha value is -2.90. The number of rotatable bonds is 3. The molecule has 1 aliphatic rings. The van der Waals surface area contributed by atoms with Crippen LogP contribution in [0.5, 0.6) is 0 Å². The maximum Gasteiger partial charge on any atom is 0.321 e. The summed E-state index contributed by atoms with van der Waals surface area (Å²) in [5, 5.41) is 4.76. The van der Waals surface area contributed by atoms with E-state index in [2.05, 4.69) is 5.32 Å². The van der Waals surface area contributed by atoms with E-state index in [0.717, 1.165) is 22.0 Å². The second-order valence-electron chi connectivity index (χ2n) is 7.20. The Morgan fingerprint density at radius 3 is 2.21 bits per heavy atom. The molecule has 0 aromatic heterocycles. The molecule has 1 saturated heterocycles. The number of amides is 2. The van der Waals surface area contributed by atoms with Gasteiger partial charge in [0.05, 0.1) is 4.90 Å². The summed E-state index contributed by atoms with van der Waals surface area (Å²) in [6.45, 7) is 3.24. The molecule has 0 saturated carbocycles. The largest absolute Gasteiger partial charge is 0.322 e. The number of carbonyl (C=O) groups excluding carboxylic acids is 1. The summed E-state index contributed by atoms with van der Waals surface area (Å²) >= 11 is 0. The van der Waals surface area contributed by atoms with Crippen molar-refractivity contribution in [2.24, 2.45) is 0 Å².